The lowest BCUT2D eigenvalue weighted by Gasteiger charge is -2.39. The third-order valence-corrected chi connectivity index (χ3v) is 9.18. The maximum Gasteiger partial charge on any atom is 0.194 e. The summed E-state index contributed by atoms with van der Waals surface area (Å²) in [6, 6.07) is 0. The smallest absolute Gasteiger partial charge is 0.194 e. The normalized spacial score (nSPS) is 25.3. The molecule has 0 bridgehead atoms. The van der Waals surface area contributed by atoms with Crippen molar-refractivity contribution in [2.45, 2.75) is 98.5 Å². The molecule has 41 heavy (non-hydrogen) atoms. The monoisotopic (exact) mass is 567 g/mol. The topological polar surface area (TPSA) is 122 Å². The molecule has 1 fully saturated rings. The van der Waals surface area contributed by atoms with Gasteiger partial charge in [0.2, 0.25) is 0 Å². The van der Waals surface area contributed by atoms with Gasteiger partial charge in [0.05, 0.1) is 16.7 Å². The first-order valence-corrected chi connectivity index (χ1v) is 14.8. The zero-order valence-electron chi connectivity index (χ0n) is 25.7. The maximum atomic E-state index is 14.1. The molecule has 3 N–H and O–H groups in total. The van der Waals surface area contributed by atoms with E-state index in [-0.39, 0.29) is 45.1 Å². The van der Waals surface area contributed by atoms with Crippen molar-refractivity contribution in [1.82, 2.24) is 5.32 Å². The van der Waals surface area contributed by atoms with Gasteiger partial charge in [-0.15, -0.1) is 0 Å². The first-order chi connectivity index (χ1) is 19.1. The Morgan fingerprint density at radius 1 is 1.10 bits per heavy atom. The summed E-state index contributed by atoms with van der Waals surface area (Å²) in [4.78, 5) is 39.7. The molecule has 0 saturated carbocycles. The fourth-order valence-corrected chi connectivity index (χ4v) is 6.74. The highest BCUT2D eigenvalue weighted by atomic mass is 16.5. The van der Waals surface area contributed by atoms with E-state index in [1.165, 1.54) is 19.9 Å². The summed E-state index contributed by atoms with van der Waals surface area (Å²) >= 11 is 0. The number of fused-ring (bicyclic) bond motifs is 3. The number of rotatable bonds is 9. The van der Waals surface area contributed by atoms with E-state index in [0.29, 0.717) is 30.0 Å². The van der Waals surface area contributed by atoms with Crippen LogP contribution >= 0.6 is 0 Å². The number of carbonyl (C=O) groups is 3. The lowest BCUT2D eigenvalue weighted by atomic mass is 9.70. The van der Waals surface area contributed by atoms with Crippen molar-refractivity contribution in [3.05, 3.63) is 39.8 Å². The number of ketones is 3. The Bertz CT molecular complexity index is 1340. The lowest BCUT2D eigenvalue weighted by Crippen LogP contribution is -2.41. The van der Waals surface area contributed by atoms with Crippen LogP contribution in [0.1, 0.15) is 102 Å². The minimum Gasteiger partial charge on any atom is -0.507 e. The summed E-state index contributed by atoms with van der Waals surface area (Å²) in [6.07, 6.45) is 6.48. The van der Waals surface area contributed by atoms with Crippen molar-refractivity contribution in [2.75, 3.05) is 13.2 Å². The molecule has 3 atom stereocenters. The number of benzene rings is 1. The van der Waals surface area contributed by atoms with Crippen LogP contribution in [0.4, 0.5) is 0 Å². The Morgan fingerprint density at radius 2 is 1.78 bits per heavy atom. The molecule has 224 valence electrons. The molecule has 1 saturated heterocycles. The molecular weight excluding hydrogens is 522 g/mol. The predicted molar refractivity (Wildman–Crippen MR) is 156 cm³/mol. The zero-order chi connectivity index (χ0) is 30.4. The van der Waals surface area contributed by atoms with Gasteiger partial charge in [0.15, 0.2) is 17.3 Å². The van der Waals surface area contributed by atoms with Gasteiger partial charge < -0.3 is 25.0 Å². The largest absolute Gasteiger partial charge is 0.507 e. The second-order valence-electron chi connectivity index (χ2n) is 13.2. The number of phenolic OH excluding ortho intramolecular Hbond substituents is 2. The molecule has 8 nitrogen and oxygen atoms in total. The SMILES string of the molecule is CC(=O)c1c(O)c(C)c(O)c2c1OC1=CC(=O)/C(=C(/C)NCC[C@H](CCC(C)C)[C@@H]3CCOC(C)(C)C3)C(=O)[C@@]12C. The molecule has 0 radical (unpaired) electrons. The van der Waals surface area contributed by atoms with Crippen LogP contribution in [0.2, 0.25) is 0 Å². The van der Waals surface area contributed by atoms with Crippen molar-refractivity contribution in [3.8, 4) is 17.2 Å². The molecule has 1 aliphatic carbocycles. The highest BCUT2D eigenvalue weighted by molar-refractivity contribution is 6.31. The molecule has 8 heteroatoms. The number of Topliss-reactive ketones (excluding diaryl/α,β-unsaturated/α-hetero) is 2. The second kappa shape index (κ2) is 11.3. The van der Waals surface area contributed by atoms with Gasteiger partial charge in [-0.2, -0.15) is 0 Å². The van der Waals surface area contributed by atoms with E-state index in [0.717, 1.165) is 38.7 Å². The minimum absolute atomic E-state index is 0.00753. The van der Waals surface area contributed by atoms with Crippen LogP contribution in [-0.4, -0.2) is 46.3 Å². The van der Waals surface area contributed by atoms with Crippen LogP contribution in [0.15, 0.2) is 23.1 Å². The molecule has 0 aromatic heterocycles. The van der Waals surface area contributed by atoms with Crippen LogP contribution in [0.5, 0.6) is 17.2 Å². The summed E-state index contributed by atoms with van der Waals surface area (Å²) in [5.41, 5.74) is -1.10. The molecule has 4 rings (SSSR count). The predicted octanol–water partition coefficient (Wildman–Crippen LogP) is 5.81. The van der Waals surface area contributed by atoms with Gasteiger partial charge >= 0.3 is 0 Å². The molecule has 1 aromatic carbocycles. The number of carbonyl (C=O) groups excluding carboxylic acids is 3. The zero-order valence-corrected chi connectivity index (χ0v) is 25.7. The van der Waals surface area contributed by atoms with Gasteiger partial charge in [-0.05, 0) is 85.0 Å². The third kappa shape index (κ3) is 5.55. The highest BCUT2D eigenvalue weighted by Crippen LogP contribution is 2.57. The number of allylic oxidation sites excluding steroid dienone is 4. The van der Waals surface area contributed by atoms with Crippen LogP contribution in [0, 0.1) is 24.7 Å². The van der Waals surface area contributed by atoms with E-state index in [9.17, 15) is 24.6 Å². The number of nitrogens with one attached hydrogen (secondary N) is 1. The Morgan fingerprint density at radius 3 is 2.39 bits per heavy atom. The summed E-state index contributed by atoms with van der Waals surface area (Å²) in [6.45, 7) is 16.2. The number of phenols is 2. The average Bonchev–Trinajstić information content (AvgIpc) is 3.16. The highest BCUT2D eigenvalue weighted by Gasteiger charge is 2.56. The molecule has 0 unspecified atom stereocenters. The molecule has 0 spiro atoms. The second-order valence-corrected chi connectivity index (χ2v) is 13.2. The maximum absolute atomic E-state index is 14.1. The van der Waals surface area contributed by atoms with E-state index in [4.69, 9.17) is 9.47 Å². The van der Waals surface area contributed by atoms with E-state index in [1.54, 1.807) is 13.8 Å². The molecular formula is C33H45NO7. The standard InChI is InChI=1S/C33H45NO7/c1-17(2)9-10-21(22-12-14-40-32(6,7)16-22)11-13-34-19(4)25-23(36)15-24-33(8,31(25)39)27-29(38)18(3)28(37)26(20(5)35)30(27)41-24/h15,17,21-22,34,37-38H,9-14,16H2,1-8H3/b25-19+/t21-,22+,33-/m0/s1. The Hall–Kier alpha value is -3.13. The first-order valence-electron chi connectivity index (χ1n) is 14.8. The van der Waals surface area contributed by atoms with E-state index >= 15 is 0 Å². The molecule has 2 heterocycles. The van der Waals surface area contributed by atoms with Crippen molar-refractivity contribution in [1.29, 1.82) is 0 Å². The molecule has 3 aliphatic rings. The molecule has 2 aliphatic heterocycles. The number of ether oxygens (including phenoxy) is 2. The van der Waals surface area contributed by atoms with Crippen LogP contribution < -0.4 is 10.1 Å². The third-order valence-electron chi connectivity index (χ3n) is 9.18. The van der Waals surface area contributed by atoms with Gasteiger partial charge in [0, 0.05) is 30.5 Å². The van der Waals surface area contributed by atoms with Crippen molar-refractivity contribution >= 4 is 17.3 Å². The van der Waals surface area contributed by atoms with Crippen LogP contribution in [-0.2, 0) is 19.7 Å². The average molecular weight is 568 g/mol. The van der Waals surface area contributed by atoms with Gasteiger partial charge in [-0.1, -0.05) is 20.3 Å². The van der Waals surface area contributed by atoms with Crippen molar-refractivity contribution in [3.63, 3.8) is 0 Å². The van der Waals surface area contributed by atoms with Crippen LogP contribution in [0.25, 0.3) is 0 Å². The van der Waals surface area contributed by atoms with E-state index < -0.39 is 28.5 Å². The van der Waals surface area contributed by atoms with Gasteiger partial charge in [-0.25, -0.2) is 0 Å². The fraction of sp³-hybridized carbons (Fsp3) is 0.606. The van der Waals surface area contributed by atoms with E-state index in [2.05, 4.69) is 33.0 Å². The summed E-state index contributed by atoms with van der Waals surface area (Å²) < 4.78 is 11.8. The van der Waals surface area contributed by atoms with Gasteiger partial charge in [-0.3, -0.25) is 14.4 Å². The summed E-state index contributed by atoms with van der Waals surface area (Å²) in [5.74, 6) is -0.572. The Kier molecular flexibility index (Phi) is 8.47. The van der Waals surface area contributed by atoms with Crippen molar-refractivity contribution < 1.29 is 34.1 Å². The quantitative estimate of drug-likeness (QED) is 0.194. The number of hydrogen-bond acceptors (Lipinski definition) is 8. The summed E-state index contributed by atoms with van der Waals surface area (Å²) in [5, 5.41) is 24.9. The fourth-order valence-electron chi connectivity index (χ4n) is 6.74. The minimum atomic E-state index is -1.51. The lowest BCUT2D eigenvalue weighted by molar-refractivity contribution is -0.123. The first kappa shape index (κ1) is 30.8. The molecule has 1 aromatic rings. The van der Waals surface area contributed by atoms with E-state index in [1.807, 2.05) is 0 Å². The number of hydrogen-bond donors (Lipinski definition) is 3. The van der Waals surface area contributed by atoms with Crippen LogP contribution in [0.3, 0.4) is 0 Å². The van der Waals surface area contributed by atoms with Crippen molar-refractivity contribution in [2.24, 2.45) is 17.8 Å². The Balaban J connectivity index is 1.61. The van der Waals surface area contributed by atoms with Gasteiger partial charge in [0.1, 0.15) is 34.0 Å². The van der Waals surface area contributed by atoms with Gasteiger partial charge in [0.25, 0.3) is 0 Å². The number of aromatic hydroxyl groups is 2. The molecule has 0 amide bonds. The Labute approximate surface area is 243 Å². The summed E-state index contributed by atoms with van der Waals surface area (Å²) in [7, 11) is 0.